The van der Waals surface area contributed by atoms with Gasteiger partial charge in [-0.15, -0.1) is 11.3 Å². The Morgan fingerprint density at radius 2 is 1.63 bits per heavy atom. The van der Waals surface area contributed by atoms with Gasteiger partial charge in [-0.2, -0.15) is 0 Å². The predicted molar refractivity (Wildman–Crippen MR) is 158 cm³/mol. The van der Waals surface area contributed by atoms with E-state index < -0.39 is 15.9 Å². The smallest absolute Gasteiger partial charge is 0.264 e. The number of fused-ring (bicyclic) bond motifs is 1. The normalized spacial score (nSPS) is 11.4. The van der Waals surface area contributed by atoms with Gasteiger partial charge in [0.1, 0.15) is 11.6 Å². The number of anilines is 2. The summed E-state index contributed by atoms with van der Waals surface area (Å²) >= 11 is 5.01. The number of carbonyl (C=O) groups is 1. The third-order valence-corrected chi connectivity index (χ3v) is 9.30. The van der Waals surface area contributed by atoms with E-state index in [4.69, 9.17) is 4.98 Å². The van der Waals surface area contributed by atoms with E-state index in [1.165, 1.54) is 5.56 Å². The Morgan fingerprint density at radius 3 is 2.34 bits per heavy atom. The molecule has 1 N–H and O–H groups in total. The Labute approximate surface area is 234 Å². The number of thiazole rings is 1. The van der Waals surface area contributed by atoms with Gasteiger partial charge in [0.15, 0.2) is 0 Å². The minimum Gasteiger partial charge on any atom is -0.325 e. The molecule has 0 aliphatic carbocycles. The van der Waals surface area contributed by atoms with Gasteiger partial charge in [-0.05, 0) is 86.1 Å². The lowest BCUT2D eigenvalue weighted by molar-refractivity contribution is -0.114. The van der Waals surface area contributed by atoms with Crippen LogP contribution in [0.5, 0.6) is 0 Å². The number of hydrogen-bond donors (Lipinski definition) is 1. The van der Waals surface area contributed by atoms with Crippen LogP contribution in [-0.4, -0.2) is 25.9 Å². The second kappa shape index (κ2) is 10.7. The van der Waals surface area contributed by atoms with E-state index in [-0.39, 0.29) is 11.4 Å². The highest BCUT2D eigenvalue weighted by molar-refractivity contribution is 9.10. The van der Waals surface area contributed by atoms with Crippen LogP contribution in [0.25, 0.3) is 20.8 Å². The fourth-order valence-electron chi connectivity index (χ4n) is 3.97. The van der Waals surface area contributed by atoms with E-state index in [0.717, 1.165) is 30.7 Å². The Hall–Kier alpha value is -3.53. The van der Waals surface area contributed by atoms with Gasteiger partial charge in [-0.25, -0.2) is 13.4 Å². The van der Waals surface area contributed by atoms with Gasteiger partial charge in [-0.1, -0.05) is 45.8 Å². The van der Waals surface area contributed by atoms with E-state index in [1.54, 1.807) is 72.0 Å². The molecule has 192 valence electrons. The number of aryl methyl sites for hydroxylation is 2. The van der Waals surface area contributed by atoms with Crippen molar-refractivity contribution in [2.45, 2.75) is 18.7 Å². The number of benzene rings is 4. The summed E-state index contributed by atoms with van der Waals surface area (Å²) in [5, 5.41) is 3.73. The summed E-state index contributed by atoms with van der Waals surface area (Å²) in [6.45, 7) is 3.56. The molecule has 9 heteroatoms. The van der Waals surface area contributed by atoms with Crippen molar-refractivity contribution in [1.29, 1.82) is 0 Å². The predicted octanol–water partition coefficient (Wildman–Crippen LogP) is 7.18. The summed E-state index contributed by atoms with van der Waals surface area (Å²) in [6, 6.07) is 27.0. The Balaban J connectivity index is 1.37. The first-order valence-corrected chi connectivity index (χ1v) is 14.9. The summed E-state index contributed by atoms with van der Waals surface area (Å²) in [6.07, 6.45) is 0. The molecule has 6 nitrogen and oxygen atoms in total. The van der Waals surface area contributed by atoms with Crippen LogP contribution in [0.2, 0.25) is 0 Å². The molecule has 0 atom stereocenters. The fourth-order valence-corrected chi connectivity index (χ4v) is 6.84. The summed E-state index contributed by atoms with van der Waals surface area (Å²) in [5.74, 6) is -0.455. The molecule has 4 aromatic carbocycles. The van der Waals surface area contributed by atoms with E-state index in [0.29, 0.717) is 15.8 Å². The zero-order valence-electron chi connectivity index (χ0n) is 20.7. The number of nitrogens with one attached hydrogen (secondary N) is 1. The van der Waals surface area contributed by atoms with E-state index in [2.05, 4.69) is 34.2 Å². The fraction of sp³-hybridized carbons (Fsp3) is 0.103. The lowest BCUT2D eigenvalue weighted by atomic mass is 10.2. The van der Waals surface area contributed by atoms with Crippen LogP contribution in [0.15, 0.2) is 100 Å². The van der Waals surface area contributed by atoms with Crippen LogP contribution in [0.4, 0.5) is 11.4 Å². The van der Waals surface area contributed by atoms with Crippen molar-refractivity contribution in [2.75, 3.05) is 16.2 Å². The molecule has 0 fully saturated rings. The molecule has 0 radical (unpaired) electrons. The number of amides is 1. The van der Waals surface area contributed by atoms with Crippen LogP contribution in [0.1, 0.15) is 11.1 Å². The molecule has 0 aliphatic heterocycles. The van der Waals surface area contributed by atoms with Gasteiger partial charge in [0.25, 0.3) is 10.0 Å². The van der Waals surface area contributed by atoms with E-state index >= 15 is 0 Å². The molecular weight excluding hydrogens is 582 g/mol. The van der Waals surface area contributed by atoms with Gasteiger partial charge in [0, 0.05) is 15.7 Å². The first-order valence-electron chi connectivity index (χ1n) is 11.8. The number of sulfonamides is 1. The second-order valence-electron chi connectivity index (χ2n) is 8.92. The van der Waals surface area contributed by atoms with Gasteiger partial charge >= 0.3 is 0 Å². The van der Waals surface area contributed by atoms with Crippen LogP contribution < -0.4 is 9.62 Å². The monoisotopic (exact) mass is 605 g/mol. The summed E-state index contributed by atoms with van der Waals surface area (Å²) in [4.78, 5) is 17.9. The van der Waals surface area contributed by atoms with Crippen molar-refractivity contribution >= 4 is 64.8 Å². The molecule has 38 heavy (non-hydrogen) atoms. The van der Waals surface area contributed by atoms with Crippen LogP contribution in [-0.2, 0) is 14.8 Å². The zero-order chi connectivity index (χ0) is 26.9. The number of hydrogen-bond acceptors (Lipinski definition) is 5. The molecule has 1 heterocycles. The lowest BCUT2D eigenvalue weighted by Gasteiger charge is -2.24. The summed E-state index contributed by atoms with van der Waals surface area (Å²) < 4.78 is 30.1. The maximum atomic E-state index is 13.6. The second-order valence-corrected chi connectivity index (χ2v) is 12.7. The molecule has 0 spiro atoms. The van der Waals surface area contributed by atoms with Gasteiger partial charge in [0.05, 0.1) is 20.8 Å². The number of rotatable bonds is 7. The van der Waals surface area contributed by atoms with Gasteiger partial charge < -0.3 is 5.32 Å². The molecule has 0 saturated carbocycles. The zero-order valence-corrected chi connectivity index (χ0v) is 23.9. The summed E-state index contributed by atoms with van der Waals surface area (Å²) in [7, 11) is -3.99. The van der Waals surface area contributed by atoms with E-state index in [9.17, 15) is 13.2 Å². The van der Waals surface area contributed by atoms with Crippen molar-refractivity contribution in [2.24, 2.45) is 0 Å². The van der Waals surface area contributed by atoms with Crippen molar-refractivity contribution in [3.63, 3.8) is 0 Å². The minimum absolute atomic E-state index is 0.117. The van der Waals surface area contributed by atoms with Crippen molar-refractivity contribution in [1.82, 2.24) is 4.98 Å². The first kappa shape index (κ1) is 26.1. The number of nitrogens with zero attached hydrogens (tertiary/aromatic N) is 2. The van der Waals surface area contributed by atoms with E-state index in [1.807, 2.05) is 31.2 Å². The highest BCUT2D eigenvalue weighted by atomic mass is 79.9. The highest BCUT2D eigenvalue weighted by Crippen LogP contribution is 2.31. The van der Waals surface area contributed by atoms with Crippen molar-refractivity contribution < 1.29 is 13.2 Å². The molecule has 0 aliphatic rings. The SMILES string of the molecule is Cc1ccc(S(=O)(=O)N(CC(=O)Nc2ccc(-c3nc4ccc(C)cc4s3)cc2)c2cccc(Br)c2)cc1. The van der Waals surface area contributed by atoms with Gasteiger partial charge in [0.2, 0.25) is 5.91 Å². The Bertz CT molecular complexity index is 1730. The van der Waals surface area contributed by atoms with Crippen molar-refractivity contribution in [3.8, 4) is 10.6 Å². The average Bonchev–Trinajstić information content (AvgIpc) is 3.31. The maximum absolute atomic E-state index is 13.6. The minimum atomic E-state index is -3.99. The third kappa shape index (κ3) is 5.65. The molecule has 0 saturated heterocycles. The quantitative estimate of drug-likeness (QED) is 0.213. The van der Waals surface area contributed by atoms with Gasteiger partial charge in [-0.3, -0.25) is 9.10 Å². The average molecular weight is 607 g/mol. The molecule has 0 bridgehead atoms. The molecule has 1 aromatic heterocycles. The van der Waals surface area contributed by atoms with Crippen LogP contribution in [0.3, 0.4) is 0 Å². The largest absolute Gasteiger partial charge is 0.325 e. The highest BCUT2D eigenvalue weighted by Gasteiger charge is 2.27. The number of aromatic nitrogens is 1. The maximum Gasteiger partial charge on any atom is 0.264 e. The molecule has 5 aromatic rings. The molecule has 1 amide bonds. The number of carbonyl (C=O) groups excluding carboxylic acids is 1. The Morgan fingerprint density at radius 1 is 0.921 bits per heavy atom. The third-order valence-electron chi connectivity index (χ3n) is 5.95. The first-order chi connectivity index (χ1) is 18.2. The standard InChI is InChI=1S/C29H24BrN3O3S2/c1-19-6-13-25(14-7-19)38(35,36)33(24-5-3-4-22(30)17-24)18-28(34)31-23-11-9-21(10-12-23)29-32-26-15-8-20(2)16-27(26)37-29/h3-17H,18H2,1-2H3,(H,31,34). The molecule has 0 unspecified atom stereocenters. The topological polar surface area (TPSA) is 79.4 Å². The van der Waals surface area contributed by atoms with Crippen LogP contribution >= 0.6 is 27.3 Å². The molecule has 5 rings (SSSR count). The number of halogens is 1. The van der Waals surface area contributed by atoms with Crippen molar-refractivity contribution in [3.05, 3.63) is 107 Å². The Kier molecular flexibility index (Phi) is 7.34. The summed E-state index contributed by atoms with van der Waals surface area (Å²) in [5.41, 5.74) is 4.98. The molecular formula is C29H24BrN3O3S2. The lowest BCUT2D eigenvalue weighted by Crippen LogP contribution is -2.38. The van der Waals surface area contributed by atoms with Crippen LogP contribution in [0, 0.1) is 13.8 Å².